The predicted molar refractivity (Wildman–Crippen MR) is 134 cm³/mol. The van der Waals surface area contributed by atoms with Gasteiger partial charge in [0.05, 0.1) is 11.3 Å². The molecule has 1 spiro atoms. The normalized spacial score (nSPS) is 19.9. The van der Waals surface area contributed by atoms with Gasteiger partial charge < -0.3 is 4.74 Å². The fraction of sp³-hybridized carbons (Fsp3) is 0.308. The van der Waals surface area contributed by atoms with E-state index in [1.165, 1.54) is 11.1 Å². The number of fused-ring (bicyclic) bond motifs is 2. The molecule has 7 heteroatoms. The molecule has 2 aliphatic heterocycles. The molecular formula is C26H26Cl2N4O. The molecule has 0 bridgehead atoms. The minimum absolute atomic E-state index is 0.165. The summed E-state index contributed by atoms with van der Waals surface area (Å²) >= 11 is 12.6. The number of benzene rings is 2. The van der Waals surface area contributed by atoms with E-state index in [0.717, 1.165) is 43.7 Å². The average molecular weight is 481 g/mol. The van der Waals surface area contributed by atoms with Crippen LogP contribution in [-0.4, -0.2) is 34.3 Å². The highest BCUT2D eigenvalue weighted by Crippen LogP contribution is 2.51. The second kappa shape index (κ2) is 9.07. The number of rotatable bonds is 5. The standard InChI is InChI=1S/C26H26Cl2N4O/c1-3-10-32-17-21(30-25(32)29-2)16-31-11-8-26(9-12-31)23-7-5-4-6-22(23)24(33-26)18-13-19(27)15-20(28)14-18/h3-7,10,13-15,17,24H,2,8-9,11-12,16H2,1H3. The van der Waals surface area contributed by atoms with Crippen molar-refractivity contribution < 1.29 is 4.74 Å². The summed E-state index contributed by atoms with van der Waals surface area (Å²) < 4.78 is 8.74. The van der Waals surface area contributed by atoms with Crippen LogP contribution >= 0.6 is 23.2 Å². The number of nitrogens with zero attached hydrogens (tertiary/aromatic N) is 4. The lowest BCUT2D eigenvalue weighted by Crippen LogP contribution is -2.42. The van der Waals surface area contributed by atoms with Crippen molar-refractivity contribution in [3.63, 3.8) is 0 Å². The quantitative estimate of drug-likeness (QED) is 0.385. The number of aromatic nitrogens is 2. The highest BCUT2D eigenvalue weighted by atomic mass is 35.5. The van der Waals surface area contributed by atoms with E-state index < -0.39 is 0 Å². The first kappa shape index (κ1) is 22.4. The summed E-state index contributed by atoms with van der Waals surface area (Å²) in [5.74, 6) is 0.618. The molecule has 3 heterocycles. The van der Waals surface area contributed by atoms with Crippen LogP contribution in [0.25, 0.3) is 6.20 Å². The number of likely N-dealkylation sites (tertiary alicyclic amines) is 1. The van der Waals surface area contributed by atoms with Gasteiger partial charge in [-0.1, -0.05) is 53.5 Å². The number of imidazole rings is 1. The van der Waals surface area contributed by atoms with Gasteiger partial charge >= 0.3 is 0 Å². The molecule has 5 nitrogen and oxygen atoms in total. The Labute approximate surface area is 204 Å². The monoisotopic (exact) mass is 480 g/mol. The van der Waals surface area contributed by atoms with Gasteiger partial charge in [0.25, 0.3) is 0 Å². The van der Waals surface area contributed by atoms with Gasteiger partial charge in [0.2, 0.25) is 5.95 Å². The number of hydrogen-bond acceptors (Lipinski definition) is 4. The number of piperidine rings is 1. The van der Waals surface area contributed by atoms with E-state index in [0.29, 0.717) is 16.0 Å². The van der Waals surface area contributed by atoms with Crippen LogP contribution in [0.5, 0.6) is 0 Å². The average Bonchev–Trinajstić information content (AvgIpc) is 3.34. The fourth-order valence-electron chi connectivity index (χ4n) is 5.05. The minimum atomic E-state index is -0.301. The molecule has 5 rings (SSSR count). The van der Waals surface area contributed by atoms with Crippen LogP contribution in [-0.2, 0) is 16.9 Å². The first-order chi connectivity index (χ1) is 16.0. The molecule has 2 aromatic carbocycles. The molecular weight excluding hydrogens is 455 g/mol. The lowest BCUT2D eigenvalue weighted by Gasteiger charge is -2.39. The lowest BCUT2D eigenvalue weighted by atomic mass is 9.83. The highest BCUT2D eigenvalue weighted by molar-refractivity contribution is 6.34. The molecule has 1 aromatic heterocycles. The summed E-state index contributed by atoms with van der Waals surface area (Å²) in [5.41, 5.74) is 4.17. The summed E-state index contributed by atoms with van der Waals surface area (Å²) in [6, 6.07) is 14.2. The van der Waals surface area contributed by atoms with Crippen molar-refractivity contribution >= 4 is 42.1 Å². The van der Waals surface area contributed by atoms with Gasteiger partial charge in [-0.05, 0) is 61.4 Å². The smallest absolute Gasteiger partial charge is 0.233 e. The molecule has 1 fully saturated rings. The van der Waals surface area contributed by atoms with E-state index >= 15 is 0 Å². The zero-order valence-electron chi connectivity index (χ0n) is 18.5. The number of ether oxygens (including phenoxy) is 1. The molecule has 1 atom stereocenters. The topological polar surface area (TPSA) is 42.6 Å². The van der Waals surface area contributed by atoms with Gasteiger partial charge in [0, 0.05) is 42.1 Å². The first-order valence-corrected chi connectivity index (χ1v) is 11.9. The fourth-order valence-corrected chi connectivity index (χ4v) is 5.60. The Hall–Kier alpha value is -2.44. The molecule has 0 radical (unpaired) electrons. The minimum Gasteiger partial charge on any atom is -0.358 e. The lowest BCUT2D eigenvalue weighted by molar-refractivity contribution is -0.0979. The number of halogens is 2. The number of aliphatic imine (C=N–C) groups is 1. The van der Waals surface area contributed by atoms with Crippen molar-refractivity contribution in [1.29, 1.82) is 0 Å². The van der Waals surface area contributed by atoms with Crippen LogP contribution in [0, 0.1) is 0 Å². The van der Waals surface area contributed by atoms with Crippen LogP contribution in [0.15, 0.2) is 59.7 Å². The van der Waals surface area contributed by atoms with Gasteiger partial charge in [0.15, 0.2) is 0 Å². The van der Waals surface area contributed by atoms with Gasteiger partial charge in [0.1, 0.15) is 6.10 Å². The Morgan fingerprint density at radius 3 is 2.61 bits per heavy atom. The molecule has 3 aromatic rings. The first-order valence-electron chi connectivity index (χ1n) is 11.1. The van der Waals surface area contributed by atoms with E-state index in [-0.39, 0.29) is 11.7 Å². The Balaban J connectivity index is 1.35. The van der Waals surface area contributed by atoms with E-state index in [1.807, 2.05) is 42.1 Å². The third-order valence-electron chi connectivity index (χ3n) is 6.53. The third-order valence-corrected chi connectivity index (χ3v) is 6.96. The molecule has 1 saturated heterocycles. The molecule has 0 N–H and O–H groups in total. The molecule has 0 saturated carbocycles. The predicted octanol–water partition coefficient (Wildman–Crippen LogP) is 6.62. The van der Waals surface area contributed by atoms with Crippen LogP contribution in [0.2, 0.25) is 10.0 Å². The van der Waals surface area contributed by atoms with E-state index in [9.17, 15) is 0 Å². The highest BCUT2D eigenvalue weighted by Gasteiger charge is 2.47. The maximum absolute atomic E-state index is 6.83. The molecule has 1 unspecified atom stereocenters. The Morgan fingerprint density at radius 2 is 1.91 bits per heavy atom. The maximum atomic E-state index is 6.83. The van der Waals surface area contributed by atoms with Crippen LogP contribution in [0.3, 0.4) is 0 Å². The third kappa shape index (κ3) is 4.26. The van der Waals surface area contributed by atoms with Crippen molar-refractivity contribution in [2.45, 2.75) is 38.0 Å². The van der Waals surface area contributed by atoms with E-state index in [2.05, 4.69) is 45.9 Å². The summed E-state index contributed by atoms with van der Waals surface area (Å²) in [5, 5.41) is 1.25. The number of hydrogen-bond donors (Lipinski definition) is 0. The summed E-state index contributed by atoms with van der Waals surface area (Å²) in [6.45, 7) is 8.22. The zero-order valence-corrected chi connectivity index (χ0v) is 20.1. The molecule has 0 aliphatic carbocycles. The molecule has 0 amide bonds. The second-order valence-electron chi connectivity index (χ2n) is 8.64. The van der Waals surface area contributed by atoms with Crippen molar-refractivity contribution in [3.05, 3.63) is 87.2 Å². The molecule has 170 valence electrons. The summed E-state index contributed by atoms with van der Waals surface area (Å²) in [4.78, 5) is 11.1. The van der Waals surface area contributed by atoms with E-state index in [1.54, 1.807) is 6.07 Å². The second-order valence-corrected chi connectivity index (χ2v) is 9.51. The van der Waals surface area contributed by atoms with Crippen molar-refractivity contribution in [2.75, 3.05) is 13.1 Å². The SMILES string of the molecule is C=Nc1nc(CN2CCC3(CC2)OC(c2cc(Cl)cc(Cl)c2)c2ccccc23)cn1C=CC. The Bertz CT molecular complexity index is 1190. The van der Waals surface area contributed by atoms with E-state index in [4.69, 9.17) is 27.9 Å². The van der Waals surface area contributed by atoms with Gasteiger partial charge in [-0.3, -0.25) is 9.47 Å². The van der Waals surface area contributed by atoms with Crippen molar-refractivity contribution in [3.8, 4) is 0 Å². The van der Waals surface area contributed by atoms with Crippen LogP contribution < -0.4 is 0 Å². The van der Waals surface area contributed by atoms with Gasteiger partial charge in [-0.15, -0.1) is 0 Å². The molecule has 33 heavy (non-hydrogen) atoms. The maximum Gasteiger partial charge on any atom is 0.233 e. The Kier molecular flexibility index (Phi) is 6.14. The Morgan fingerprint density at radius 1 is 1.18 bits per heavy atom. The summed E-state index contributed by atoms with van der Waals surface area (Å²) in [7, 11) is 0. The zero-order chi connectivity index (χ0) is 23.0. The molecule has 2 aliphatic rings. The number of allylic oxidation sites excluding steroid dienone is 1. The van der Waals surface area contributed by atoms with Gasteiger partial charge in [-0.25, -0.2) is 9.98 Å². The van der Waals surface area contributed by atoms with Crippen LogP contribution in [0.4, 0.5) is 5.95 Å². The van der Waals surface area contributed by atoms with Crippen molar-refractivity contribution in [1.82, 2.24) is 14.5 Å². The summed E-state index contributed by atoms with van der Waals surface area (Å²) in [6.07, 6.45) is 7.59. The van der Waals surface area contributed by atoms with Crippen molar-refractivity contribution in [2.24, 2.45) is 4.99 Å². The van der Waals surface area contributed by atoms with Gasteiger partial charge in [-0.2, -0.15) is 0 Å². The largest absolute Gasteiger partial charge is 0.358 e. The van der Waals surface area contributed by atoms with Crippen LogP contribution in [0.1, 0.15) is 48.3 Å².